The Kier molecular flexibility index (Phi) is 8.94. The molecule has 0 aromatic heterocycles. The maximum absolute atomic E-state index is 15.1. The van der Waals surface area contributed by atoms with Crippen LogP contribution in [0.4, 0.5) is 4.39 Å². The number of rotatable bonds is 6. The molecule has 1 amide bonds. The van der Waals surface area contributed by atoms with Crippen LogP contribution in [0.25, 0.3) is 0 Å². The molecule has 0 saturated carbocycles. The summed E-state index contributed by atoms with van der Waals surface area (Å²) in [5.74, 6) is -0.945. The van der Waals surface area contributed by atoms with E-state index in [0.29, 0.717) is 49.7 Å². The van der Waals surface area contributed by atoms with Gasteiger partial charge in [0.15, 0.2) is 0 Å². The lowest BCUT2D eigenvalue weighted by molar-refractivity contribution is -0.150. The van der Waals surface area contributed by atoms with Gasteiger partial charge in [0.2, 0.25) is 5.91 Å². The number of esters is 1. The maximum Gasteiger partial charge on any atom is 0.323 e. The zero-order valence-corrected chi connectivity index (χ0v) is 25.1. The minimum atomic E-state index is -0.371. The first-order valence-corrected chi connectivity index (χ1v) is 14.4. The summed E-state index contributed by atoms with van der Waals surface area (Å²) >= 11 is 6.04. The highest BCUT2D eigenvalue weighted by Gasteiger charge is 2.46. The van der Waals surface area contributed by atoms with Crippen molar-refractivity contribution in [1.82, 2.24) is 14.7 Å². The molecule has 8 heteroatoms. The van der Waals surface area contributed by atoms with Gasteiger partial charge in [0.25, 0.3) is 0 Å². The average Bonchev–Trinajstić information content (AvgIpc) is 3.44. The minimum Gasteiger partial charge on any atom is -0.468 e. The fourth-order valence-electron chi connectivity index (χ4n) is 6.52. The van der Waals surface area contributed by atoms with Crippen LogP contribution in [-0.2, 0) is 14.3 Å². The standard InChI is InChI=1S/C31H43ClFN3O3/c1-19-12-20(2)22(13-19)14-28(30(38)39-7)34-10-11-36(21(3)16-34)29(37)26-18-35(31(4,5)6)17-25(26)24-9-8-23(32)15-27(24)33/h8-9,12-13,15,21-22,25-26,28H,10-11,14,16-18H2,1-7H3/t21-,22?,25-,26+,28-/m0/s1. The summed E-state index contributed by atoms with van der Waals surface area (Å²) in [6.45, 7) is 15.5. The van der Waals surface area contributed by atoms with Crippen molar-refractivity contribution in [1.29, 1.82) is 0 Å². The van der Waals surface area contributed by atoms with Crippen LogP contribution in [0.2, 0.25) is 5.02 Å². The molecule has 2 aliphatic heterocycles. The molecule has 0 bridgehead atoms. The molecule has 0 radical (unpaired) electrons. The SMILES string of the molecule is COC(=O)[C@H](CC1C=C(C)C=C1C)N1CCN(C(=O)[C@@H]2CN(C(C)(C)C)C[C@H]2c2ccc(Cl)cc2F)[C@@H](C)C1. The number of hydrogen-bond donors (Lipinski definition) is 0. The molecule has 0 N–H and O–H groups in total. The maximum atomic E-state index is 15.1. The van der Waals surface area contributed by atoms with Crippen molar-refractivity contribution in [2.24, 2.45) is 11.8 Å². The third kappa shape index (κ3) is 6.41. The third-order valence-corrected chi connectivity index (χ3v) is 9.02. The van der Waals surface area contributed by atoms with E-state index in [1.165, 1.54) is 24.3 Å². The molecule has 1 unspecified atom stereocenters. The monoisotopic (exact) mass is 559 g/mol. The second kappa shape index (κ2) is 11.7. The Morgan fingerprint density at radius 1 is 1.15 bits per heavy atom. The minimum absolute atomic E-state index is 0.0518. The van der Waals surface area contributed by atoms with Gasteiger partial charge >= 0.3 is 5.97 Å². The van der Waals surface area contributed by atoms with E-state index >= 15 is 4.39 Å². The van der Waals surface area contributed by atoms with Gasteiger partial charge in [-0.1, -0.05) is 41.0 Å². The second-order valence-electron chi connectivity index (χ2n) is 12.5. The van der Waals surface area contributed by atoms with Crippen LogP contribution in [0.3, 0.4) is 0 Å². The van der Waals surface area contributed by atoms with Gasteiger partial charge in [0.05, 0.1) is 13.0 Å². The van der Waals surface area contributed by atoms with Crippen LogP contribution in [0, 0.1) is 17.7 Å². The van der Waals surface area contributed by atoms with Gasteiger partial charge in [-0.3, -0.25) is 19.4 Å². The zero-order chi connectivity index (χ0) is 28.6. The summed E-state index contributed by atoms with van der Waals surface area (Å²) in [5.41, 5.74) is 2.88. The second-order valence-corrected chi connectivity index (χ2v) is 12.9. The van der Waals surface area contributed by atoms with E-state index in [2.05, 4.69) is 56.6 Å². The van der Waals surface area contributed by atoms with Crippen molar-refractivity contribution >= 4 is 23.5 Å². The number of methoxy groups -OCH3 is 1. The van der Waals surface area contributed by atoms with Crippen LogP contribution >= 0.6 is 11.6 Å². The van der Waals surface area contributed by atoms with Crippen molar-refractivity contribution in [3.05, 3.63) is 57.9 Å². The molecule has 2 fully saturated rings. The number of piperazine rings is 1. The Balaban J connectivity index is 1.52. The Morgan fingerprint density at radius 2 is 1.87 bits per heavy atom. The molecule has 1 aromatic rings. The Bertz CT molecular complexity index is 1160. The van der Waals surface area contributed by atoms with E-state index in [1.54, 1.807) is 12.1 Å². The number of carbonyl (C=O) groups is 2. The molecule has 5 atom stereocenters. The Labute approximate surface area is 237 Å². The first kappa shape index (κ1) is 29.8. The van der Waals surface area contributed by atoms with Gasteiger partial charge in [-0.25, -0.2) is 4.39 Å². The summed E-state index contributed by atoms with van der Waals surface area (Å²) in [4.78, 5) is 33.3. The lowest BCUT2D eigenvalue weighted by Gasteiger charge is -2.44. The summed E-state index contributed by atoms with van der Waals surface area (Å²) < 4.78 is 20.3. The highest BCUT2D eigenvalue weighted by molar-refractivity contribution is 6.30. The third-order valence-electron chi connectivity index (χ3n) is 8.79. The number of allylic oxidation sites excluding steroid dienone is 4. The Hall–Kier alpha value is -2.22. The number of benzene rings is 1. The first-order valence-electron chi connectivity index (χ1n) is 14.0. The van der Waals surface area contributed by atoms with Crippen LogP contribution in [0.5, 0.6) is 0 Å². The molecule has 214 valence electrons. The lowest BCUT2D eigenvalue weighted by Crippen LogP contribution is -2.59. The molecule has 2 saturated heterocycles. The fraction of sp³-hybridized carbons (Fsp3) is 0.613. The normalized spacial score (nSPS) is 27.4. The van der Waals surface area contributed by atoms with E-state index in [-0.39, 0.29) is 53.1 Å². The highest BCUT2D eigenvalue weighted by atomic mass is 35.5. The smallest absolute Gasteiger partial charge is 0.323 e. The number of amides is 1. The molecule has 1 aromatic carbocycles. The van der Waals surface area contributed by atoms with Gasteiger partial charge in [0.1, 0.15) is 11.9 Å². The van der Waals surface area contributed by atoms with Crippen LogP contribution in [0.15, 0.2) is 41.5 Å². The van der Waals surface area contributed by atoms with E-state index in [1.807, 2.05) is 11.8 Å². The van der Waals surface area contributed by atoms with Gasteiger partial charge < -0.3 is 9.64 Å². The van der Waals surface area contributed by atoms with Crippen molar-refractivity contribution in [2.45, 2.75) is 71.5 Å². The summed E-state index contributed by atoms with van der Waals surface area (Å²) in [7, 11) is 1.44. The van der Waals surface area contributed by atoms with Crippen molar-refractivity contribution in [3.63, 3.8) is 0 Å². The topological polar surface area (TPSA) is 53.1 Å². The molecule has 2 heterocycles. The van der Waals surface area contributed by atoms with Crippen molar-refractivity contribution in [3.8, 4) is 0 Å². The van der Waals surface area contributed by atoms with Gasteiger partial charge in [-0.15, -0.1) is 0 Å². The highest BCUT2D eigenvalue weighted by Crippen LogP contribution is 2.39. The molecular weight excluding hydrogens is 517 g/mol. The lowest BCUT2D eigenvalue weighted by atomic mass is 9.87. The van der Waals surface area contributed by atoms with Crippen molar-refractivity contribution in [2.75, 3.05) is 39.8 Å². The van der Waals surface area contributed by atoms with E-state index in [9.17, 15) is 9.59 Å². The van der Waals surface area contributed by atoms with E-state index < -0.39 is 0 Å². The predicted molar refractivity (Wildman–Crippen MR) is 153 cm³/mol. The van der Waals surface area contributed by atoms with Crippen LogP contribution in [-0.4, -0.2) is 84.0 Å². The number of carbonyl (C=O) groups excluding carboxylic acids is 2. The molecule has 1 aliphatic carbocycles. The summed E-state index contributed by atoms with van der Waals surface area (Å²) in [6.07, 6.45) is 5.04. The molecule has 3 aliphatic rings. The predicted octanol–water partition coefficient (Wildman–Crippen LogP) is 5.28. The van der Waals surface area contributed by atoms with Gasteiger partial charge in [-0.05, 0) is 65.7 Å². The largest absolute Gasteiger partial charge is 0.468 e. The number of hydrogen-bond acceptors (Lipinski definition) is 5. The molecule has 39 heavy (non-hydrogen) atoms. The molecule has 4 rings (SSSR count). The Morgan fingerprint density at radius 3 is 2.44 bits per heavy atom. The number of halogens is 2. The molecule has 6 nitrogen and oxygen atoms in total. The average molecular weight is 560 g/mol. The zero-order valence-electron chi connectivity index (χ0n) is 24.3. The van der Waals surface area contributed by atoms with E-state index in [4.69, 9.17) is 16.3 Å². The number of ether oxygens (including phenoxy) is 1. The van der Waals surface area contributed by atoms with Crippen molar-refractivity contribution < 1.29 is 18.7 Å². The first-order chi connectivity index (χ1) is 18.3. The number of likely N-dealkylation sites (tertiary alicyclic amines) is 1. The number of nitrogens with zero attached hydrogens (tertiary/aromatic N) is 3. The van der Waals surface area contributed by atoms with E-state index in [0.717, 1.165) is 0 Å². The van der Waals surface area contributed by atoms with Gasteiger partial charge in [-0.2, -0.15) is 0 Å². The molecular formula is C31H43ClFN3O3. The van der Waals surface area contributed by atoms with Crippen LogP contribution in [0.1, 0.15) is 59.4 Å². The summed E-state index contributed by atoms with van der Waals surface area (Å²) in [6, 6.07) is 4.31. The quantitative estimate of drug-likeness (QED) is 0.444. The van der Waals surface area contributed by atoms with Gasteiger partial charge in [0, 0.05) is 61.2 Å². The van der Waals surface area contributed by atoms with Crippen LogP contribution < -0.4 is 0 Å². The molecule has 0 spiro atoms. The summed E-state index contributed by atoms with van der Waals surface area (Å²) in [5, 5.41) is 0.351. The fourth-order valence-corrected chi connectivity index (χ4v) is 6.68.